The van der Waals surface area contributed by atoms with Crippen molar-refractivity contribution in [2.24, 2.45) is 5.73 Å². The van der Waals surface area contributed by atoms with Gasteiger partial charge in [0.2, 0.25) is 0 Å². The summed E-state index contributed by atoms with van der Waals surface area (Å²) in [6.45, 7) is 0.320. The van der Waals surface area contributed by atoms with E-state index in [0.29, 0.717) is 12.3 Å². The molecule has 0 aliphatic carbocycles. The van der Waals surface area contributed by atoms with Crippen LogP contribution >= 0.6 is 22.6 Å². The SMILES string of the molecule is NCc1ccc(Oc2cccc(I)c2)c(F)c1. The minimum Gasteiger partial charge on any atom is -0.454 e. The second-order valence-corrected chi connectivity index (χ2v) is 4.77. The lowest BCUT2D eigenvalue weighted by Gasteiger charge is -2.08. The van der Waals surface area contributed by atoms with Crippen LogP contribution in [0.1, 0.15) is 5.56 Å². The molecule has 0 aliphatic heterocycles. The molecule has 0 aliphatic rings. The normalized spacial score (nSPS) is 10.3. The largest absolute Gasteiger partial charge is 0.454 e. The summed E-state index contributed by atoms with van der Waals surface area (Å²) in [5.41, 5.74) is 6.18. The molecular formula is C13H11FINO. The van der Waals surface area contributed by atoms with Crippen molar-refractivity contribution >= 4 is 22.6 Å². The average Bonchev–Trinajstić information content (AvgIpc) is 2.32. The Balaban J connectivity index is 2.24. The van der Waals surface area contributed by atoms with Crippen LogP contribution in [0.5, 0.6) is 11.5 Å². The molecular weight excluding hydrogens is 332 g/mol. The lowest BCUT2D eigenvalue weighted by atomic mass is 10.2. The highest BCUT2D eigenvalue weighted by atomic mass is 127. The topological polar surface area (TPSA) is 35.2 Å². The molecule has 0 spiro atoms. The van der Waals surface area contributed by atoms with Crippen molar-refractivity contribution in [3.05, 3.63) is 57.4 Å². The Hall–Kier alpha value is -1.14. The first-order valence-electron chi connectivity index (χ1n) is 5.11. The lowest BCUT2D eigenvalue weighted by Crippen LogP contribution is -1.97. The van der Waals surface area contributed by atoms with Gasteiger partial charge in [-0.3, -0.25) is 0 Å². The number of rotatable bonds is 3. The van der Waals surface area contributed by atoms with Gasteiger partial charge < -0.3 is 10.5 Å². The highest BCUT2D eigenvalue weighted by molar-refractivity contribution is 14.1. The highest BCUT2D eigenvalue weighted by Crippen LogP contribution is 2.26. The van der Waals surface area contributed by atoms with Crippen LogP contribution in [0.15, 0.2) is 42.5 Å². The van der Waals surface area contributed by atoms with Gasteiger partial charge in [-0.25, -0.2) is 4.39 Å². The Morgan fingerprint density at radius 2 is 2.00 bits per heavy atom. The van der Waals surface area contributed by atoms with E-state index >= 15 is 0 Å². The maximum absolute atomic E-state index is 13.6. The molecule has 0 amide bonds. The van der Waals surface area contributed by atoms with Gasteiger partial charge in [0.1, 0.15) is 5.75 Å². The fourth-order valence-electron chi connectivity index (χ4n) is 1.41. The maximum atomic E-state index is 13.6. The molecule has 0 radical (unpaired) electrons. The maximum Gasteiger partial charge on any atom is 0.166 e. The predicted molar refractivity (Wildman–Crippen MR) is 73.5 cm³/mol. The van der Waals surface area contributed by atoms with E-state index in [0.717, 1.165) is 9.13 Å². The lowest BCUT2D eigenvalue weighted by molar-refractivity contribution is 0.441. The molecule has 2 rings (SSSR count). The third-order valence-electron chi connectivity index (χ3n) is 2.26. The van der Waals surface area contributed by atoms with Crippen LogP contribution in [-0.2, 0) is 6.54 Å². The standard InChI is InChI=1S/C13H11FINO/c14-12-6-9(8-16)4-5-13(12)17-11-3-1-2-10(15)7-11/h1-7H,8,16H2. The zero-order valence-corrected chi connectivity index (χ0v) is 11.1. The molecule has 2 nitrogen and oxygen atoms in total. The molecule has 0 bridgehead atoms. The molecule has 0 saturated heterocycles. The first-order valence-corrected chi connectivity index (χ1v) is 6.19. The van der Waals surface area contributed by atoms with Crippen molar-refractivity contribution < 1.29 is 9.13 Å². The van der Waals surface area contributed by atoms with Gasteiger partial charge >= 0.3 is 0 Å². The van der Waals surface area contributed by atoms with Crippen LogP contribution in [0.4, 0.5) is 4.39 Å². The number of halogens is 2. The Morgan fingerprint density at radius 1 is 1.18 bits per heavy atom. The van der Waals surface area contributed by atoms with Gasteiger partial charge in [-0.15, -0.1) is 0 Å². The number of hydrogen-bond acceptors (Lipinski definition) is 2. The summed E-state index contributed by atoms with van der Waals surface area (Å²) >= 11 is 2.18. The van der Waals surface area contributed by atoms with Crippen LogP contribution < -0.4 is 10.5 Å². The van der Waals surface area contributed by atoms with Gasteiger partial charge in [-0.05, 0) is 58.5 Å². The number of benzene rings is 2. The van der Waals surface area contributed by atoms with Gasteiger partial charge in [0.05, 0.1) is 0 Å². The van der Waals surface area contributed by atoms with Crippen LogP contribution in [0.25, 0.3) is 0 Å². The van der Waals surface area contributed by atoms with Gasteiger partial charge in [-0.1, -0.05) is 12.1 Å². The van der Waals surface area contributed by atoms with Crippen molar-refractivity contribution in [2.75, 3.05) is 0 Å². The van der Waals surface area contributed by atoms with Gasteiger partial charge in [-0.2, -0.15) is 0 Å². The molecule has 0 aromatic heterocycles. The van der Waals surface area contributed by atoms with E-state index in [1.165, 1.54) is 6.07 Å². The zero-order chi connectivity index (χ0) is 12.3. The van der Waals surface area contributed by atoms with E-state index in [1.807, 2.05) is 18.2 Å². The molecule has 0 heterocycles. The molecule has 2 N–H and O–H groups in total. The molecule has 0 saturated carbocycles. The fraction of sp³-hybridized carbons (Fsp3) is 0.0769. The van der Waals surface area contributed by atoms with Gasteiger partial charge in [0.25, 0.3) is 0 Å². The highest BCUT2D eigenvalue weighted by Gasteiger charge is 2.05. The van der Waals surface area contributed by atoms with Crippen LogP contribution in [0, 0.1) is 9.39 Å². The Kier molecular flexibility index (Phi) is 3.96. The van der Waals surface area contributed by atoms with Gasteiger partial charge in [0, 0.05) is 10.1 Å². The number of nitrogens with two attached hydrogens (primary N) is 1. The summed E-state index contributed by atoms with van der Waals surface area (Å²) < 4.78 is 20.2. The summed E-state index contributed by atoms with van der Waals surface area (Å²) in [7, 11) is 0. The number of ether oxygens (including phenoxy) is 1. The first-order chi connectivity index (χ1) is 8.19. The summed E-state index contributed by atoms with van der Waals surface area (Å²) in [5.74, 6) is 0.437. The smallest absolute Gasteiger partial charge is 0.166 e. The fourth-order valence-corrected chi connectivity index (χ4v) is 1.93. The summed E-state index contributed by atoms with van der Waals surface area (Å²) in [4.78, 5) is 0. The summed E-state index contributed by atoms with van der Waals surface area (Å²) in [5, 5.41) is 0. The number of hydrogen-bond donors (Lipinski definition) is 1. The monoisotopic (exact) mass is 343 g/mol. The zero-order valence-electron chi connectivity index (χ0n) is 8.99. The average molecular weight is 343 g/mol. The van der Waals surface area contributed by atoms with Crippen molar-refractivity contribution in [3.8, 4) is 11.5 Å². The first kappa shape index (κ1) is 12.3. The molecule has 17 heavy (non-hydrogen) atoms. The molecule has 2 aromatic carbocycles. The predicted octanol–water partition coefficient (Wildman–Crippen LogP) is 3.68. The molecule has 0 unspecified atom stereocenters. The molecule has 4 heteroatoms. The summed E-state index contributed by atoms with van der Waals surface area (Å²) in [6.07, 6.45) is 0. The molecule has 0 fully saturated rings. The van der Waals surface area contributed by atoms with E-state index in [1.54, 1.807) is 18.2 Å². The van der Waals surface area contributed by atoms with Gasteiger partial charge in [0.15, 0.2) is 11.6 Å². The molecule has 88 valence electrons. The van der Waals surface area contributed by atoms with E-state index in [2.05, 4.69) is 22.6 Å². The quantitative estimate of drug-likeness (QED) is 0.863. The van der Waals surface area contributed by atoms with Crippen molar-refractivity contribution in [2.45, 2.75) is 6.54 Å². The van der Waals surface area contributed by atoms with E-state index in [9.17, 15) is 4.39 Å². The second kappa shape index (κ2) is 5.46. The minimum absolute atomic E-state index is 0.212. The Labute approximate surface area is 113 Å². The van der Waals surface area contributed by atoms with E-state index < -0.39 is 5.82 Å². The van der Waals surface area contributed by atoms with Crippen LogP contribution in [0.3, 0.4) is 0 Å². The van der Waals surface area contributed by atoms with Crippen molar-refractivity contribution in [1.82, 2.24) is 0 Å². The van der Waals surface area contributed by atoms with Crippen LogP contribution in [-0.4, -0.2) is 0 Å². The van der Waals surface area contributed by atoms with E-state index in [4.69, 9.17) is 10.5 Å². The minimum atomic E-state index is -0.396. The second-order valence-electron chi connectivity index (χ2n) is 3.53. The third-order valence-corrected chi connectivity index (χ3v) is 2.93. The van der Waals surface area contributed by atoms with Crippen molar-refractivity contribution in [3.63, 3.8) is 0 Å². The van der Waals surface area contributed by atoms with E-state index in [-0.39, 0.29) is 5.75 Å². The Bertz CT molecular complexity index is 531. The van der Waals surface area contributed by atoms with Crippen molar-refractivity contribution in [1.29, 1.82) is 0 Å². The molecule has 0 atom stereocenters. The Morgan fingerprint density at radius 3 is 2.65 bits per heavy atom. The molecule has 2 aromatic rings. The summed E-state index contributed by atoms with van der Waals surface area (Å²) in [6, 6.07) is 12.2. The van der Waals surface area contributed by atoms with Crippen LogP contribution in [0.2, 0.25) is 0 Å². The third kappa shape index (κ3) is 3.17.